The smallest absolute Gasteiger partial charge is 0.223 e. The summed E-state index contributed by atoms with van der Waals surface area (Å²) in [5.74, 6) is 1.01. The Labute approximate surface area is 143 Å². The van der Waals surface area contributed by atoms with E-state index in [2.05, 4.69) is 37.0 Å². The van der Waals surface area contributed by atoms with E-state index < -0.39 is 0 Å². The molecule has 122 valence electrons. The van der Waals surface area contributed by atoms with Crippen LogP contribution in [0.5, 0.6) is 0 Å². The highest BCUT2D eigenvalue weighted by atomic mass is 32.2. The van der Waals surface area contributed by atoms with Gasteiger partial charge in [-0.3, -0.25) is 9.78 Å². The lowest BCUT2D eigenvalue weighted by Crippen LogP contribution is -2.29. The van der Waals surface area contributed by atoms with Crippen LogP contribution in [0.3, 0.4) is 0 Å². The average Bonchev–Trinajstić information content (AvgIpc) is 2.56. The molecule has 0 unspecified atom stereocenters. The number of carbonyl (C=O) groups is 1. The van der Waals surface area contributed by atoms with E-state index in [0.29, 0.717) is 13.0 Å². The molecule has 1 aromatic carbocycles. The minimum absolute atomic E-state index is 0.192. The van der Waals surface area contributed by atoms with Gasteiger partial charge in [-0.15, -0.1) is 11.8 Å². The van der Waals surface area contributed by atoms with Crippen LogP contribution in [0.15, 0.2) is 47.5 Å². The van der Waals surface area contributed by atoms with Crippen LogP contribution in [0.25, 0.3) is 0 Å². The van der Waals surface area contributed by atoms with Crippen LogP contribution in [0.4, 0.5) is 0 Å². The lowest BCUT2D eigenvalue weighted by atomic mass is 10.1. The first-order chi connectivity index (χ1) is 11.1. The van der Waals surface area contributed by atoms with Crippen molar-refractivity contribution in [3.63, 3.8) is 0 Å². The van der Waals surface area contributed by atoms with E-state index in [-0.39, 0.29) is 5.91 Å². The Balaban J connectivity index is 1.72. The number of rotatable bonds is 7. The average molecular weight is 328 g/mol. The summed E-state index contributed by atoms with van der Waals surface area (Å²) >= 11 is 1.74. The number of aromatic nitrogens is 1. The molecular weight excluding hydrogens is 304 g/mol. The van der Waals surface area contributed by atoms with E-state index in [9.17, 15) is 4.79 Å². The maximum atomic E-state index is 12.2. The highest BCUT2D eigenvalue weighted by molar-refractivity contribution is 7.99. The molecule has 0 saturated heterocycles. The summed E-state index contributed by atoms with van der Waals surface area (Å²) in [6.07, 6.45) is 3.15. The van der Waals surface area contributed by atoms with Crippen LogP contribution in [0.1, 0.15) is 23.2 Å². The molecular formula is C19H24N2OS. The zero-order chi connectivity index (χ0) is 16.7. The number of pyridine rings is 1. The lowest BCUT2D eigenvalue weighted by molar-refractivity contribution is -0.129. The number of hydrogen-bond acceptors (Lipinski definition) is 3. The van der Waals surface area contributed by atoms with Gasteiger partial charge in [-0.25, -0.2) is 0 Å². The monoisotopic (exact) mass is 328 g/mol. The summed E-state index contributed by atoms with van der Waals surface area (Å²) in [5, 5.41) is 0. The fourth-order valence-electron chi connectivity index (χ4n) is 2.20. The Morgan fingerprint density at radius 3 is 2.70 bits per heavy atom. The molecule has 2 aromatic rings. The molecule has 23 heavy (non-hydrogen) atoms. The van der Waals surface area contributed by atoms with Gasteiger partial charge in [0.25, 0.3) is 0 Å². The first-order valence-corrected chi connectivity index (χ1v) is 8.89. The summed E-state index contributed by atoms with van der Waals surface area (Å²) in [7, 11) is 1.87. The number of hydrogen-bond donors (Lipinski definition) is 0. The van der Waals surface area contributed by atoms with Crippen molar-refractivity contribution < 1.29 is 4.79 Å². The van der Waals surface area contributed by atoms with E-state index in [4.69, 9.17) is 0 Å². The van der Waals surface area contributed by atoms with Crippen LogP contribution in [-0.4, -0.2) is 35.1 Å². The van der Waals surface area contributed by atoms with Gasteiger partial charge in [0.05, 0.1) is 0 Å². The molecule has 3 nitrogen and oxygen atoms in total. The highest BCUT2D eigenvalue weighted by Gasteiger charge is 2.09. The van der Waals surface area contributed by atoms with Gasteiger partial charge in [-0.05, 0) is 49.2 Å². The van der Waals surface area contributed by atoms with Crippen molar-refractivity contribution in [3.05, 3.63) is 59.4 Å². The van der Waals surface area contributed by atoms with Gasteiger partial charge in [0.15, 0.2) is 0 Å². The Morgan fingerprint density at radius 2 is 2.00 bits per heavy atom. The summed E-state index contributed by atoms with van der Waals surface area (Å²) < 4.78 is 0. The minimum atomic E-state index is 0.192. The molecule has 1 aromatic heterocycles. The number of nitrogens with zero attached hydrogens (tertiary/aromatic N) is 2. The van der Waals surface area contributed by atoms with E-state index >= 15 is 0 Å². The number of aryl methyl sites for hydroxylation is 2. The molecule has 1 heterocycles. The van der Waals surface area contributed by atoms with E-state index in [0.717, 1.165) is 17.9 Å². The Kier molecular flexibility index (Phi) is 6.66. The first-order valence-electron chi connectivity index (χ1n) is 7.90. The molecule has 1 amide bonds. The van der Waals surface area contributed by atoms with Gasteiger partial charge in [0.1, 0.15) is 0 Å². The third-order valence-corrected chi connectivity index (χ3v) is 4.91. The number of likely N-dealkylation sites (N-methyl/N-ethyl adjacent to an activating group) is 1. The van der Waals surface area contributed by atoms with Gasteiger partial charge >= 0.3 is 0 Å². The quantitative estimate of drug-likeness (QED) is 0.723. The fourth-order valence-corrected chi connectivity index (χ4v) is 3.14. The van der Waals surface area contributed by atoms with Crippen LogP contribution in [0, 0.1) is 13.8 Å². The van der Waals surface area contributed by atoms with Crippen LogP contribution in [-0.2, 0) is 11.2 Å². The third kappa shape index (κ3) is 5.71. The van der Waals surface area contributed by atoms with Crippen molar-refractivity contribution in [3.8, 4) is 0 Å². The van der Waals surface area contributed by atoms with Crippen molar-refractivity contribution >= 4 is 17.7 Å². The minimum Gasteiger partial charge on any atom is -0.345 e. The third-order valence-electron chi connectivity index (χ3n) is 3.92. The molecule has 0 N–H and O–H groups in total. The maximum Gasteiger partial charge on any atom is 0.223 e. The van der Waals surface area contributed by atoms with Crippen molar-refractivity contribution in [2.24, 2.45) is 0 Å². The summed E-state index contributed by atoms with van der Waals surface area (Å²) in [6, 6.07) is 12.3. The molecule has 0 bridgehead atoms. The SMILES string of the molecule is Cc1ccc(SCCC(=O)N(C)CCc2ccccn2)cc1C. The molecule has 4 heteroatoms. The number of thioether (sulfide) groups is 1. The lowest BCUT2D eigenvalue weighted by Gasteiger charge is -2.16. The first kappa shape index (κ1) is 17.5. The van der Waals surface area contributed by atoms with Gasteiger partial charge < -0.3 is 4.90 Å². The molecule has 0 radical (unpaired) electrons. The molecule has 0 atom stereocenters. The predicted octanol–water partition coefficient (Wildman–Crippen LogP) is 3.88. The molecule has 0 saturated carbocycles. The molecule has 0 aliphatic heterocycles. The van der Waals surface area contributed by atoms with E-state index in [1.807, 2.05) is 25.2 Å². The standard InChI is InChI=1S/C19H24N2OS/c1-15-7-8-18(14-16(15)2)23-13-10-19(22)21(3)12-9-17-6-4-5-11-20-17/h4-8,11,14H,9-10,12-13H2,1-3H3. The van der Waals surface area contributed by atoms with Gasteiger partial charge in [0.2, 0.25) is 5.91 Å². The van der Waals surface area contributed by atoms with Crippen LogP contribution < -0.4 is 0 Å². The summed E-state index contributed by atoms with van der Waals surface area (Å²) in [6.45, 7) is 4.95. The van der Waals surface area contributed by atoms with E-state index in [1.165, 1.54) is 16.0 Å². The Hall–Kier alpha value is -1.81. The molecule has 0 aliphatic carbocycles. The maximum absolute atomic E-state index is 12.2. The summed E-state index contributed by atoms with van der Waals surface area (Å²) in [5.41, 5.74) is 3.63. The van der Waals surface area contributed by atoms with Crippen molar-refractivity contribution in [1.29, 1.82) is 0 Å². The second-order valence-corrected chi connectivity index (χ2v) is 6.90. The second kappa shape index (κ2) is 8.73. The Bertz CT molecular complexity index is 643. The normalized spacial score (nSPS) is 10.6. The Morgan fingerprint density at radius 1 is 1.17 bits per heavy atom. The van der Waals surface area contributed by atoms with E-state index in [1.54, 1.807) is 22.9 Å². The van der Waals surface area contributed by atoms with Crippen LogP contribution >= 0.6 is 11.8 Å². The second-order valence-electron chi connectivity index (χ2n) is 5.73. The molecule has 0 aliphatic rings. The fraction of sp³-hybridized carbons (Fsp3) is 0.368. The number of benzene rings is 1. The summed E-state index contributed by atoms with van der Waals surface area (Å²) in [4.78, 5) is 19.5. The largest absolute Gasteiger partial charge is 0.345 e. The van der Waals surface area contributed by atoms with Crippen molar-refractivity contribution in [1.82, 2.24) is 9.88 Å². The van der Waals surface area contributed by atoms with Gasteiger partial charge in [0, 0.05) is 49.0 Å². The van der Waals surface area contributed by atoms with Crippen molar-refractivity contribution in [2.45, 2.75) is 31.6 Å². The molecule has 0 fully saturated rings. The van der Waals surface area contributed by atoms with Gasteiger partial charge in [-0.1, -0.05) is 12.1 Å². The number of carbonyl (C=O) groups excluding carboxylic acids is 1. The predicted molar refractivity (Wildman–Crippen MR) is 96.8 cm³/mol. The zero-order valence-corrected chi connectivity index (χ0v) is 14.9. The van der Waals surface area contributed by atoms with Gasteiger partial charge in [-0.2, -0.15) is 0 Å². The molecule has 2 rings (SSSR count). The molecule has 0 spiro atoms. The zero-order valence-electron chi connectivity index (χ0n) is 14.1. The topological polar surface area (TPSA) is 33.2 Å². The van der Waals surface area contributed by atoms with Crippen LogP contribution in [0.2, 0.25) is 0 Å². The highest BCUT2D eigenvalue weighted by Crippen LogP contribution is 2.21. The van der Waals surface area contributed by atoms with Crippen molar-refractivity contribution in [2.75, 3.05) is 19.3 Å². The number of amides is 1.